The van der Waals surface area contributed by atoms with Crippen LogP contribution >= 0.6 is 31.9 Å². The van der Waals surface area contributed by atoms with Crippen molar-refractivity contribution in [1.29, 1.82) is 0 Å². The van der Waals surface area contributed by atoms with Crippen LogP contribution < -0.4 is 5.32 Å². The van der Waals surface area contributed by atoms with E-state index < -0.39 is 0 Å². The van der Waals surface area contributed by atoms with Crippen LogP contribution in [0.25, 0.3) is 12.2 Å². The van der Waals surface area contributed by atoms with Gasteiger partial charge in [0.25, 0.3) is 0 Å². The molecule has 0 atom stereocenters. The van der Waals surface area contributed by atoms with E-state index in [1.165, 1.54) is 24.3 Å². The van der Waals surface area contributed by atoms with Crippen molar-refractivity contribution < 1.29 is 13.6 Å². The molecule has 1 aliphatic rings. The molecule has 2 aromatic carbocycles. The van der Waals surface area contributed by atoms with Gasteiger partial charge >= 0.3 is 0 Å². The lowest BCUT2D eigenvalue weighted by Crippen LogP contribution is -2.32. The van der Waals surface area contributed by atoms with Crippen LogP contribution in [-0.4, -0.2) is 18.9 Å². The van der Waals surface area contributed by atoms with E-state index in [4.69, 9.17) is 0 Å². The topological polar surface area (TPSA) is 29.1 Å². The lowest BCUT2D eigenvalue weighted by atomic mass is 9.95. The van der Waals surface area contributed by atoms with Gasteiger partial charge in [-0.2, -0.15) is 0 Å². The van der Waals surface area contributed by atoms with Crippen molar-refractivity contribution in [3.63, 3.8) is 0 Å². The van der Waals surface area contributed by atoms with Crippen molar-refractivity contribution in [1.82, 2.24) is 5.32 Å². The van der Waals surface area contributed by atoms with Crippen LogP contribution in [0.5, 0.6) is 0 Å². The van der Waals surface area contributed by atoms with E-state index in [9.17, 15) is 13.6 Å². The van der Waals surface area contributed by atoms with Gasteiger partial charge in [-0.15, -0.1) is 0 Å². The van der Waals surface area contributed by atoms with E-state index >= 15 is 0 Å². The number of benzene rings is 2. The van der Waals surface area contributed by atoms with Gasteiger partial charge in [-0.1, -0.05) is 44.0 Å². The number of hydrogen-bond donors (Lipinski definition) is 1. The van der Waals surface area contributed by atoms with Crippen LogP contribution in [0.15, 0.2) is 56.5 Å². The van der Waals surface area contributed by atoms with Crippen molar-refractivity contribution in [2.45, 2.75) is 0 Å². The van der Waals surface area contributed by atoms with Gasteiger partial charge in [0.15, 0.2) is 5.78 Å². The number of halogens is 4. The fraction of sp³-hybridized carbons (Fsp3) is 0.105. The lowest BCUT2D eigenvalue weighted by molar-refractivity contribution is -0.112. The second kappa shape index (κ2) is 7.72. The Hall–Kier alpha value is -1.63. The van der Waals surface area contributed by atoms with Crippen LogP contribution in [0.2, 0.25) is 0 Å². The molecule has 25 heavy (non-hydrogen) atoms. The number of Topliss-reactive ketones (excluding diaryl/α,β-unsaturated/α-hetero) is 1. The largest absolute Gasteiger partial charge is 0.308 e. The summed E-state index contributed by atoms with van der Waals surface area (Å²) in [5.74, 6) is -0.765. The number of hydrogen-bond acceptors (Lipinski definition) is 2. The Balaban J connectivity index is 1.93. The highest BCUT2D eigenvalue weighted by molar-refractivity contribution is 9.10. The molecule has 0 unspecified atom stereocenters. The molecule has 0 bridgehead atoms. The minimum atomic E-state index is -0.344. The van der Waals surface area contributed by atoms with Crippen molar-refractivity contribution >= 4 is 49.8 Å². The standard InChI is InChI=1S/C19H13Br2F2NO/c20-17-7-15(22)3-1-11(17)5-13-9-24-10-14(19(13)25)6-12-2-4-16(23)8-18(12)21/h1-8,24H,9-10H2. The van der Waals surface area contributed by atoms with Crippen LogP contribution in [0.1, 0.15) is 11.1 Å². The molecule has 128 valence electrons. The fourth-order valence-electron chi connectivity index (χ4n) is 2.54. The Morgan fingerprint density at radius 3 is 1.68 bits per heavy atom. The van der Waals surface area contributed by atoms with E-state index in [-0.39, 0.29) is 17.4 Å². The molecule has 1 saturated heterocycles. The first-order valence-electron chi connectivity index (χ1n) is 7.51. The fourth-order valence-corrected chi connectivity index (χ4v) is 3.47. The predicted molar refractivity (Wildman–Crippen MR) is 102 cm³/mol. The van der Waals surface area contributed by atoms with Crippen LogP contribution in [0, 0.1) is 11.6 Å². The minimum absolute atomic E-state index is 0.0776. The average molecular weight is 469 g/mol. The first kappa shape index (κ1) is 18.2. The average Bonchev–Trinajstić information content (AvgIpc) is 2.56. The summed E-state index contributed by atoms with van der Waals surface area (Å²) in [5.41, 5.74) is 2.64. The quantitative estimate of drug-likeness (QED) is 0.619. The van der Waals surface area contributed by atoms with Crippen LogP contribution in [0.4, 0.5) is 8.78 Å². The Morgan fingerprint density at radius 2 is 1.28 bits per heavy atom. The summed E-state index contributed by atoms with van der Waals surface area (Å²) in [4.78, 5) is 12.7. The minimum Gasteiger partial charge on any atom is -0.308 e. The molecule has 0 aliphatic carbocycles. The third kappa shape index (κ3) is 4.32. The Bertz CT molecular complexity index is 835. The first-order valence-corrected chi connectivity index (χ1v) is 9.09. The molecule has 0 amide bonds. The molecule has 6 heteroatoms. The van der Waals surface area contributed by atoms with Crippen molar-refractivity contribution in [2.75, 3.05) is 13.1 Å². The summed E-state index contributed by atoms with van der Waals surface area (Å²) in [6.07, 6.45) is 3.48. The summed E-state index contributed by atoms with van der Waals surface area (Å²) in [5, 5.41) is 3.18. The van der Waals surface area contributed by atoms with Gasteiger partial charge in [0.1, 0.15) is 11.6 Å². The molecule has 1 heterocycles. The molecule has 0 aromatic heterocycles. The van der Waals surface area contributed by atoms with E-state index in [2.05, 4.69) is 37.2 Å². The zero-order valence-corrected chi connectivity index (χ0v) is 16.1. The monoisotopic (exact) mass is 467 g/mol. The number of carbonyl (C=O) groups excluding carboxylic acids is 1. The lowest BCUT2D eigenvalue weighted by Gasteiger charge is -2.18. The summed E-state index contributed by atoms with van der Waals surface area (Å²) in [6, 6.07) is 8.66. The highest BCUT2D eigenvalue weighted by Crippen LogP contribution is 2.25. The van der Waals surface area contributed by atoms with Gasteiger partial charge in [-0.25, -0.2) is 8.78 Å². The summed E-state index contributed by atoms with van der Waals surface area (Å²) in [7, 11) is 0. The summed E-state index contributed by atoms with van der Waals surface area (Å²) in [6.45, 7) is 0.870. The molecule has 1 aliphatic heterocycles. The normalized spacial score (nSPS) is 18.2. The highest BCUT2D eigenvalue weighted by Gasteiger charge is 2.20. The molecule has 3 rings (SSSR count). The van der Waals surface area contributed by atoms with Gasteiger partial charge in [-0.3, -0.25) is 4.79 Å². The van der Waals surface area contributed by atoms with Gasteiger partial charge in [0.2, 0.25) is 0 Å². The van der Waals surface area contributed by atoms with Gasteiger partial charge < -0.3 is 5.32 Å². The number of ketones is 1. The number of rotatable bonds is 2. The molecule has 0 spiro atoms. The summed E-state index contributed by atoms with van der Waals surface area (Å²) < 4.78 is 27.6. The number of piperidine rings is 1. The second-order valence-corrected chi connectivity index (χ2v) is 7.31. The molecule has 0 saturated carbocycles. The zero-order valence-electron chi connectivity index (χ0n) is 13.0. The number of carbonyl (C=O) groups is 1. The van der Waals surface area contributed by atoms with E-state index in [0.29, 0.717) is 33.2 Å². The Labute approximate surface area is 160 Å². The maximum absolute atomic E-state index is 13.2. The van der Waals surface area contributed by atoms with E-state index in [1.807, 2.05) is 0 Å². The maximum atomic E-state index is 13.2. The van der Waals surface area contributed by atoms with Crippen LogP contribution in [0.3, 0.4) is 0 Å². The molecule has 1 N–H and O–H groups in total. The Kier molecular flexibility index (Phi) is 5.61. The molecule has 1 fully saturated rings. The molecular formula is C19H13Br2F2NO. The third-order valence-electron chi connectivity index (χ3n) is 3.80. The van der Waals surface area contributed by atoms with Gasteiger partial charge in [0.05, 0.1) is 0 Å². The highest BCUT2D eigenvalue weighted by atomic mass is 79.9. The van der Waals surface area contributed by atoms with Crippen molar-refractivity contribution in [3.05, 3.63) is 79.3 Å². The predicted octanol–water partition coefficient (Wildman–Crippen LogP) is 5.13. The summed E-state index contributed by atoms with van der Waals surface area (Å²) >= 11 is 6.61. The molecule has 0 radical (unpaired) electrons. The molecule has 2 aromatic rings. The van der Waals surface area contributed by atoms with E-state index in [1.54, 1.807) is 24.3 Å². The second-order valence-electron chi connectivity index (χ2n) is 5.60. The van der Waals surface area contributed by atoms with Crippen molar-refractivity contribution in [3.8, 4) is 0 Å². The van der Waals surface area contributed by atoms with E-state index in [0.717, 1.165) is 11.1 Å². The molecular weight excluding hydrogens is 456 g/mol. The van der Waals surface area contributed by atoms with Crippen LogP contribution in [-0.2, 0) is 4.79 Å². The third-order valence-corrected chi connectivity index (χ3v) is 5.17. The first-order chi connectivity index (χ1) is 11.9. The smallest absolute Gasteiger partial charge is 0.187 e. The van der Waals surface area contributed by atoms with Gasteiger partial charge in [-0.05, 0) is 47.5 Å². The maximum Gasteiger partial charge on any atom is 0.187 e. The van der Waals surface area contributed by atoms with Crippen molar-refractivity contribution in [2.24, 2.45) is 0 Å². The van der Waals surface area contributed by atoms with Gasteiger partial charge in [0, 0.05) is 33.2 Å². The molecule has 2 nitrogen and oxygen atoms in total. The SMILES string of the molecule is O=C1C(=Cc2ccc(F)cc2Br)CNCC1=Cc1ccc(F)cc1Br. The Morgan fingerprint density at radius 1 is 0.840 bits per heavy atom. The number of nitrogens with one attached hydrogen (secondary N) is 1. The zero-order chi connectivity index (χ0) is 18.0.